The maximum absolute atomic E-state index is 12.1. The Hall–Kier alpha value is -2.60. The number of carbonyl (C=O) groups is 1. The fraction of sp³-hybridized carbons (Fsp3) is 0.478. The van der Waals surface area contributed by atoms with Crippen molar-refractivity contribution >= 4 is 17.3 Å². The van der Waals surface area contributed by atoms with E-state index in [2.05, 4.69) is 10.1 Å². The van der Waals surface area contributed by atoms with Crippen LogP contribution in [0.15, 0.2) is 24.7 Å². The minimum Gasteiger partial charge on any atom is -0.375 e. The molecule has 1 aliphatic carbocycles. The van der Waals surface area contributed by atoms with E-state index in [1.54, 1.807) is 12.4 Å². The molecule has 152 valence electrons. The van der Waals surface area contributed by atoms with Crippen molar-refractivity contribution in [1.82, 2.24) is 19.7 Å². The molecule has 0 spiro atoms. The van der Waals surface area contributed by atoms with Crippen LogP contribution in [-0.4, -0.2) is 32.6 Å². The van der Waals surface area contributed by atoms with Crippen molar-refractivity contribution in [2.45, 2.75) is 59.1 Å². The SMILES string of the molecule is CCn1ncc2c(-c3cncc(C)c3)c(C=O)c(COCC3CCCCC3)nc21. The molecule has 0 aromatic carbocycles. The molecule has 1 saturated carbocycles. The van der Waals surface area contributed by atoms with Crippen LogP contribution in [0.25, 0.3) is 22.2 Å². The number of pyridine rings is 2. The normalized spacial score (nSPS) is 15.1. The summed E-state index contributed by atoms with van der Waals surface area (Å²) >= 11 is 0. The molecule has 3 aromatic heterocycles. The molecule has 0 aliphatic heterocycles. The zero-order valence-electron chi connectivity index (χ0n) is 17.2. The number of nitrogens with zero attached hydrogens (tertiary/aromatic N) is 4. The summed E-state index contributed by atoms with van der Waals surface area (Å²) in [6, 6.07) is 2.05. The standard InChI is InChI=1S/C23H28N4O2/c1-3-27-23-19(12-25-27)22(18-9-16(2)10-24-11-18)20(13-28)21(26-23)15-29-14-17-7-5-4-6-8-17/h9-13,17H,3-8,14-15H2,1-2H3. The van der Waals surface area contributed by atoms with E-state index in [1.807, 2.05) is 30.8 Å². The number of hydrogen-bond acceptors (Lipinski definition) is 5. The third-order valence-electron chi connectivity index (χ3n) is 5.80. The predicted octanol–water partition coefficient (Wildman–Crippen LogP) is 4.73. The number of carbonyl (C=O) groups excluding carboxylic acids is 1. The van der Waals surface area contributed by atoms with Gasteiger partial charge < -0.3 is 4.74 Å². The topological polar surface area (TPSA) is 69.9 Å². The van der Waals surface area contributed by atoms with E-state index in [0.29, 0.717) is 30.3 Å². The Morgan fingerprint density at radius 1 is 1.21 bits per heavy atom. The van der Waals surface area contributed by atoms with Crippen molar-refractivity contribution < 1.29 is 9.53 Å². The molecule has 0 bridgehead atoms. The van der Waals surface area contributed by atoms with Crippen LogP contribution >= 0.6 is 0 Å². The number of fused-ring (bicyclic) bond motifs is 1. The zero-order valence-corrected chi connectivity index (χ0v) is 17.2. The first-order valence-corrected chi connectivity index (χ1v) is 10.5. The second-order valence-corrected chi connectivity index (χ2v) is 7.93. The third kappa shape index (κ3) is 4.08. The van der Waals surface area contributed by atoms with Gasteiger partial charge in [0.1, 0.15) is 0 Å². The number of aryl methyl sites for hydroxylation is 2. The molecule has 3 aromatic rings. The molecule has 6 heteroatoms. The summed E-state index contributed by atoms with van der Waals surface area (Å²) in [5, 5.41) is 5.34. The van der Waals surface area contributed by atoms with E-state index in [-0.39, 0.29) is 0 Å². The van der Waals surface area contributed by atoms with Gasteiger partial charge in [-0.05, 0) is 44.2 Å². The van der Waals surface area contributed by atoms with Gasteiger partial charge >= 0.3 is 0 Å². The summed E-state index contributed by atoms with van der Waals surface area (Å²) in [5.41, 5.74) is 4.83. The number of rotatable bonds is 7. The van der Waals surface area contributed by atoms with Crippen LogP contribution in [0.2, 0.25) is 0 Å². The highest BCUT2D eigenvalue weighted by Gasteiger charge is 2.20. The van der Waals surface area contributed by atoms with Crippen molar-refractivity contribution in [2.24, 2.45) is 5.92 Å². The molecule has 0 N–H and O–H groups in total. The number of ether oxygens (including phenoxy) is 1. The molecular formula is C23H28N4O2. The average molecular weight is 393 g/mol. The average Bonchev–Trinajstić information content (AvgIpc) is 3.16. The van der Waals surface area contributed by atoms with Crippen LogP contribution < -0.4 is 0 Å². The van der Waals surface area contributed by atoms with Crippen molar-refractivity contribution in [3.05, 3.63) is 41.5 Å². The first kappa shape index (κ1) is 19.7. The van der Waals surface area contributed by atoms with E-state index in [1.165, 1.54) is 32.1 Å². The number of aldehydes is 1. The van der Waals surface area contributed by atoms with Gasteiger partial charge in [-0.15, -0.1) is 0 Å². The molecule has 1 fully saturated rings. The van der Waals surface area contributed by atoms with Gasteiger partial charge in [0.25, 0.3) is 0 Å². The highest BCUT2D eigenvalue weighted by molar-refractivity contribution is 6.02. The van der Waals surface area contributed by atoms with Crippen molar-refractivity contribution in [1.29, 1.82) is 0 Å². The number of aromatic nitrogens is 4. The summed E-state index contributed by atoms with van der Waals surface area (Å²) in [6.45, 7) is 5.81. The molecule has 0 amide bonds. The lowest BCUT2D eigenvalue weighted by Gasteiger charge is -2.21. The van der Waals surface area contributed by atoms with Crippen LogP contribution in [0.3, 0.4) is 0 Å². The highest BCUT2D eigenvalue weighted by atomic mass is 16.5. The zero-order chi connectivity index (χ0) is 20.2. The summed E-state index contributed by atoms with van der Waals surface area (Å²) < 4.78 is 7.91. The maximum atomic E-state index is 12.1. The van der Waals surface area contributed by atoms with E-state index < -0.39 is 0 Å². The van der Waals surface area contributed by atoms with Crippen molar-refractivity contribution in [3.63, 3.8) is 0 Å². The van der Waals surface area contributed by atoms with Crippen molar-refractivity contribution in [3.8, 4) is 11.1 Å². The van der Waals surface area contributed by atoms with Gasteiger partial charge in [-0.25, -0.2) is 9.67 Å². The Morgan fingerprint density at radius 2 is 2.03 bits per heavy atom. The summed E-state index contributed by atoms with van der Waals surface area (Å²) in [7, 11) is 0. The largest absolute Gasteiger partial charge is 0.375 e. The van der Waals surface area contributed by atoms with Gasteiger partial charge in [0.05, 0.1) is 18.5 Å². The van der Waals surface area contributed by atoms with Gasteiger partial charge in [-0.2, -0.15) is 5.10 Å². The quantitative estimate of drug-likeness (QED) is 0.544. The van der Waals surface area contributed by atoms with Gasteiger partial charge in [-0.1, -0.05) is 19.3 Å². The molecule has 0 saturated heterocycles. The summed E-state index contributed by atoms with van der Waals surface area (Å²) in [5.74, 6) is 0.619. The van der Waals surface area contributed by atoms with Crippen molar-refractivity contribution in [2.75, 3.05) is 6.61 Å². The minimum absolute atomic E-state index is 0.335. The van der Waals surface area contributed by atoms with Gasteiger partial charge in [0, 0.05) is 47.6 Å². The molecule has 1 aliphatic rings. The van der Waals surface area contributed by atoms with E-state index in [9.17, 15) is 4.79 Å². The lowest BCUT2D eigenvalue weighted by molar-refractivity contribution is 0.0715. The molecule has 4 rings (SSSR count). The molecule has 29 heavy (non-hydrogen) atoms. The Kier molecular flexibility index (Phi) is 6.00. The smallest absolute Gasteiger partial charge is 0.158 e. The third-order valence-corrected chi connectivity index (χ3v) is 5.80. The highest BCUT2D eigenvalue weighted by Crippen LogP contribution is 2.33. The summed E-state index contributed by atoms with van der Waals surface area (Å²) in [4.78, 5) is 21.3. The molecule has 0 radical (unpaired) electrons. The lowest BCUT2D eigenvalue weighted by Crippen LogP contribution is -2.14. The predicted molar refractivity (Wildman–Crippen MR) is 113 cm³/mol. The Labute approximate surface area is 171 Å². The Balaban J connectivity index is 1.73. The van der Waals surface area contributed by atoms with E-state index in [4.69, 9.17) is 9.72 Å². The lowest BCUT2D eigenvalue weighted by atomic mass is 9.90. The van der Waals surface area contributed by atoms with E-state index >= 15 is 0 Å². The second kappa shape index (κ2) is 8.82. The van der Waals surface area contributed by atoms with Crippen LogP contribution in [0.5, 0.6) is 0 Å². The fourth-order valence-corrected chi connectivity index (χ4v) is 4.30. The maximum Gasteiger partial charge on any atom is 0.158 e. The van der Waals surface area contributed by atoms with Crippen LogP contribution in [0, 0.1) is 12.8 Å². The second-order valence-electron chi connectivity index (χ2n) is 7.93. The Morgan fingerprint density at radius 3 is 2.76 bits per heavy atom. The van der Waals surface area contributed by atoms with Gasteiger partial charge in [0.15, 0.2) is 11.9 Å². The molecule has 0 atom stereocenters. The molecule has 0 unspecified atom stereocenters. The molecular weight excluding hydrogens is 364 g/mol. The Bertz CT molecular complexity index is 1010. The number of hydrogen-bond donors (Lipinski definition) is 0. The molecule has 6 nitrogen and oxygen atoms in total. The monoisotopic (exact) mass is 392 g/mol. The van der Waals surface area contributed by atoms with Gasteiger partial charge in [0.2, 0.25) is 0 Å². The fourth-order valence-electron chi connectivity index (χ4n) is 4.30. The van der Waals surface area contributed by atoms with Crippen LogP contribution in [-0.2, 0) is 17.9 Å². The first-order chi connectivity index (χ1) is 14.2. The summed E-state index contributed by atoms with van der Waals surface area (Å²) in [6.07, 6.45) is 12.7. The first-order valence-electron chi connectivity index (χ1n) is 10.5. The molecule has 3 heterocycles. The minimum atomic E-state index is 0.335. The van der Waals surface area contributed by atoms with Crippen LogP contribution in [0.4, 0.5) is 0 Å². The van der Waals surface area contributed by atoms with E-state index in [0.717, 1.165) is 40.6 Å². The van der Waals surface area contributed by atoms with Gasteiger partial charge in [-0.3, -0.25) is 9.78 Å². The van der Waals surface area contributed by atoms with Crippen LogP contribution in [0.1, 0.15) is 60.6 Å².